The maximum atomic E-state index is 9.12. The Morgan fingerprint density at radius 3 is 2.78 bits per heavy atom. The number of nitriles is 1. The molecule has 0 saturated heterocycles. The molecule has 0 spiro atoms. The molecule has 7 heteroatoms. The van der Waals surface area contributed by atoms with Crippen molar-refractivity contribution >= 4 is 22.4 Å². The molecule has 1 aromatic heterocycles. The Morgan fingerprint density at radius 2 is 2.22 bits per heavy atom. The predicted octanol–water partition coefficient (Wildman–Crippen LogP) is 1.08. The summed E-state index contributed by atoms with van der Waals surface area (Å²) in [6.07, 6.45) is 0. The van der Waals surface area contributed by atoms with Crippen LogP contribution >= 0.6 is 11.5 Å². The van der Waals surface area contributed by atoms with Crippen molar-refractivity contribution in [2.75, 3.05) is 44.6 Å². The quantitative estimate of drug-likeness (QED) is 0.798. The van der Waals surface area contributed by atoms with E-state index in [1.807, 2.05) is 11.8 Å². The molecule has 1 heterocycles. The zero-order valence-corrected chi connectivity index (χ0v) is 11.7. The molecule has 0 aliphatic rings. The van der Waals surface area contributed by atoms with Crippen molar-refractivity contribution in [1.29, 1.82) is 5.26 Å². The fourth-order valence-corrected chi connectivity index (χ4v) is 2.53. The van der Waals surface area contributed by atoms with Crippen LogP contribution in [0.4, 0.5) is 10.8 Å². The summed E-state index contributed by atoms with van der Waals surface area (Å²) in [7, 11) is 3.29. The van der Waals surface area contributed by atoms with Crippen molar-refractivity contribution in [2.24, 2.45) is 0 Å². The van der Waals surface area contributed by atoms with Crippen molar-refractivity contribution in [3.05, 3.63) is 5.56 Å². The average Bonchev–Trinajstić information content (AvgIpc) is 2.71. The highest BCUT2D eigenvalue weighted by atomic mass is 32.1. The van der Waals surface area contributed by atoms with E-state index >= 15 is 0 Å². The third kappa shape index (κ3) is 3.32. The summed E-state index contributed by atoms with van der Waals surface area (Å²) < 4.78 is 14.3. The molecular weight excluding hydrogens is 252 g/mol. The molecule has 100 valence electrons. The van der Waals surface area contributed by atoms with Gasteiger partial charge in [0.25, 0.3) is 0 Å². The van der Waals surface area contributed by atoms with E-state index in [-0.39, 0.29) is 11.9 Å². The lowest BCUT2D eigenvalue weighted by atomic mass is 10.2. The van der Waals surface area contributed by atoms with Crippen LogP contribution in [0.15, 0.2) is 0 Å². The van der Waals surface area contributed by atoms with Crippen molar-refractivity contribution in [3.8, 4) is 6.07 Å². The van der Waals surface area contributed by atoms with E-state index in [0.717, 1.165) is 5.00 Å². The van der Waals surface area contributed by atoms with Crippen LogP contribution < -0.4 is 10.6 Å². The van der Waals surface area contributed by atoms with Gasteiger partial charge in [-0.1, -0.05) is 0 Å². The highest BCUT2D eigenvalue weighted by molar-refractivity contribution is 7.10. The first-order valence-corrected chi connectivity index (χ1v) is 6.32. The highest BCUT2D eigenvalue weighted by Crippen LogP contribution is 2.31. The highest BCUT2D eigenvalue weighted by Gasteiger charge is 2.22. The van der Waals surface area contributed by atoms with Crippen molar-refractivity contribution < 1.29 is 9.47 Å². The number of aromatic nitrogens is 1. The fraction of sp³-hybridized carbons (Fsp3) is 0.636. The van der Waals surface area contributed by atoms with Gasteiger partial charge in [0, 0.05) is 20.8 Å². The molecule has 0 saturated carbocycles. The molecule has 0 aliphatic carbocycles. The molecule has 2 N–H and O–H groups in total. The summed E-state index contributed by atoms with van der Waals surface area (Å²) in [5.74, 6) is 0.282. The summed E-state index contributed by atoms with van der Waals surface area (Å²) in [6.45, 7) is 3.82. The maximum Gasteiger partial charge on any atom is 0.157 e. The summed E-state index contributed by atoms with van der Waals surface area (Å²) in [5, 5.41) is 9.90. The number of nitrogens with two attached hydrogens (primary N) is 1. The standard InChI is InChI=1S/C11H18N4O2S/c1-8(7-17-3)15(4-5-16-2)11-9(6-12)10(13)14-18-11/h8H,4-5,7H2,1-3H3,(H2,13,14). The zero-order valence-electron chi connectivity index (χ0n) is 10.8. The average molecular weight is 270 g/mol. The molecule has 0 aliphatic heterocycles. The zero-order chi connectivity index (χ0) is 13.5. The van der Waals surface area contributed by atoms with Crippen LogP contribution in [-0.4, -0.2) is 44.4 Å². The summed E-state index contributed by atoms with van der Waals surface area (Å²) >= 11 is 1.23. The van der Waals surface area contributed by atoms with Gasteiger partial charge in [-0.25, -0.2) is 0 Å². The normalized spacial score (nSPS) is 12.1. The smallest absolute Gasteiger partial charge is 0.157 e. The van der Waals surface area contributed by atoms with Crippen molar-refractivity contribution in [2.45, 2.75) is 13.0 Å². The van der Waals surface area contributed by atoms with Gasteiger partial charge in [0.1, 0.15) is 16.6 Å². The summed E-state index contributed by atoms with van der Waals surface area (Å²) in [5.41, 5.74) is 6.11. The van der Waals surface area contributed by atoms with Gasteiger partial charge in [-0.15, -0.1) is 0 Å². The monoisotopic (exact) mass is 270 g/mol. The number of anilines is 2. The van der Waals surface area contributed by atoms with Crippen LogP contribution in [0.3, 0.4) is 0 Å². The molecule has 0 radical (unpaired) electrons. The molecule has 0 amide bonds. The SMILES string of the molecule is COCCN(c1snc(N)c1C#N)C(C)COC. The van der Waals surface area contributed by atoms with E-state index in [4.69, 9.17) is 20.5 Å². The number of hydrogen-bond acceptors (Lipinski definition) is 7. The molecule has 1 rings (SSSR count). The Labute approximate surface area is 111 Å². The largest absolute Gasteiger partial charge is 0.383 e. The van der Waals surface area contributed by atoms with Gasteiger partial charge in [0.2, 0.25) is 0 Å². The molecule has 0 fully saturated rings. The molecule has 1 unspecified atom stereocenters. The van der Waals surface area contributed by atoms with E-state index < -0.39 is 0 Å². The lowest BCUT2D eigenvalue weighted by Gasteiger charge is -2.29. The number of methoxy groups -OCH3 is 2. The van der Waals surface area contributed by atoms with Gasteiger partial charge in [-0.3, -0.25) is 0 Å². The van der Waals surface area contributed by atoms with Crippen molar-refractivity contribution in [3.63, 3.8) is 0 Å². The van der Waals surface area contributed by atoms with Gasteiger partial charge < -0.3 is 20.1 Å². The number of hydrogen-bond donors (Lipinski definition) is 1. The first-order chi connectivity index (χ1) is 8.65. The van der Waals surface area contributed by atoms with Crippen LogP contribution in [0, 0.1) is 11.3 Å². The second-order valence-electron chi connectivity index (χ2n) is 3.85. The van der Waals surface area contributed by atoms with Crippen LogP contribution in [-0.2, 0) is 9.47 Å². The van der Waals surface area contributed by atoms with Gasteiger partial charge in [-0.2, -0.15) is 9.64 Å². The molecule has 0 aromatic carbocycles. The topological polar surface area (TPSA) is 84.4 Å². The van der Waals surface area contributed by atoms with Crippen LogP contribution in [0.2, 0.25) is 0 Å². The minimum atomic E-state index is 0.122. The summed E-state index contributed by atoms with van der Waals surface area (Å²) in [6, 6.07) is 2.22. The molecule has 6 nitrogen and oxygen atoms in total. The first-order valence-electron chi connectivity index (χ1n) is 5.55. The second-order valence-corrected chi connectivity index (χ2v) is 4.60. The Hall–Kier alpha value is -1.36. The second kappa shape index (κ2) is 7.16. The lowest BCUT2D eigenvalue weighted by molar-refractivity contribution is 0.171. The Morgan fingerprint density at radius 1 is 1.50 bits per heavy atom. The fourth-order valence-electron chi connectivity index (χ4n) is 1.64. The number of nitrogen functional groups attached to an aromatic ring is 1. The van der Waals surface area contributed by atoms with Crippen LogP contribution in [0.25, 0.3) is 0 Å². The van der Waals surface area contributed by atoms with Gasteiger partial charge in [0.15, 0.2) is 5.82 Å². The minimum Gasteiger partial charge on any atom is -0.383 e. The summed E-state index contributed by atoms with van der Waals surface area (Å²) in [4.78, 5) is 2.04. The molecule has 18 heavy (non-hydrogen) atoms. The first kappa shape index (κ1) is 14.7. The van der Waals surface area contributed by atoms with E-state index in [0.29, 0.717) is 25.3 Å². The minimum absolute atomic E-state index is 0.122. The Kier molecular flexibility index (Phi) is 5.85. The Balaban J connectivity index is 2.97. The van der Waals surface area contributed by atoms with Crippen LogP contribution in [0.1, 0.15) is 12.5 Å². The molecule has 1 aromatic rings. The number of rotatable bonds is 7. The molecule has 0 bridgehead atoms. The van der Waals surface area contributed by atoms with Crippen molar-refractivity contribution in [1.82, 2.24) is 4.37 Å². The van der Waals surface area contributed by atoms with E-state index in [1.54, 1.807) is 14.2 Å². The van der Waals surface area contributed by atoms with E-state index in [2.05, 4.69) is 10.4 Å². The maximum absolute atomic E-state index is 9.12. The lowest BCUT2D eigenvalue weighted by Crippen LogP contribution is -2.38. The third-order valence-electron chi connectivity index (χ3n) is 2.55. The third-order valence-corrected chi connectivity index (χ3v) is 3.45. The molecular formula is C11H18N4O2S. The number of ether oxygens (including phenoxy) is 2. The van der Waals surface area contributed by atoms with Gasteiger partial charge in [-0.05, 0) is 18.5 Å². The van der Waals surface area contributed by atoms with E-state index in [1.165, 1.54) is 11.5 Å². The predicted molar refractivity (Wildman–Crippen MR) is 71.8 cm³/mol. The molecule has 1 atom stereocenters. The van der Waals surface area contributed by atoms with Gasteiger partial charge >= 0.3 is 0 Å². The van der Waals surface area contributed by atoms with Crippen LogP contribution in [0.5, 0.6) is 0 Å². The van der Waals surface area contributed by atoms with Gasteiger partial charge in [0.05, 0.1) is 19.3 Å². The Bertz CT molecular complexity index is 416. The number of nitrogens with zero attached hydrogens (tertiary/aromatic N) is 3. The van der Waals surface area contributed by atoms with E-state index in [9.17, 15) is 0 Å².